The normalized spacial score (nSPS) is 12.6. The van der Waals surface area contributed by atoms with Crippen LogP contribution in [0.3, 0.4) is 0 Å². The summed E-state index contributed by atoms with van der Waals surface area (Å²) in [5.41, 5.74) is 4.13. The molecule has 3 aromatic carbocycles. The predicted octanol–water partition coefficient (Wildman–Crippen LogP) is 5.03. The zero-order valence-corrected chi connectivity index (χ0v) is 19.2. The number of hydrogen-bond acceptors (Lipinski definition) is 3. The van der Waals surface area contributed by atoms with Crippen molar-refractivity contribution < 1.29 is 28.6 Å². The Kier molecular flexibility index (Phi) is 8.16. The smallest absolute Gasteiger partial charge is 0.329 e. The first-order chi connectivity index (χ1) is 15.6. The van der Waals surface area contributed by atoms with Crippen LogP contribution in [0.15, 0.2) is 72.8 Å². The highest BCUT2D eigenvalue weighted by Crippen LogP contribution is 2.39. The maximum atomic E-state index is 13.4. The number of rotatable bonds is 10. The number of aryl methyl sites for hydroxylation is 1. The van der Waals surface area contributed by atoms with Crippen molar-refractivity contribution in [3.63, 3.8) is 0 Å². The van der Waals surface area contributed by atoms with E-state index in [-0.39, 0.29) is 18.4 Å². The third-order valence-electron chi connectivity index (χ3n) is 5.33. The summed E-state index contributed by atoms with van der Waals surface area (Å²) < 4.78 is 24.7. The summed E-state index contributed by atoms with van der Waals surface area (Å²) in [7, 11) is -4.16. The largest absolute Gasteiger partial charge is 0.481 e. The molecule has 0 aliphatic carbocycles. The van der Waals surface area contributed by atoms with Crippen molar-refractivity contribution in [1.82, 2.24) is 4.90 Å². The summed E-state index contributed by atoms with van der Waals surface area (Å²) in [6, 6.07) is 20.3. The minimum absolute atomic E-state index is 0.110. The van der Waals surface area contributed by atoms with Gasteiger partial charge in [0, 0.05) is 19.1 Å². The zero-order chi connectivity index (χ0) is 24.0. The lowest BCUT2D eigenvalue weighted by atomic mass is 9.98. The molecule has 3 aromatic rings. The van der Waals surface area contributed by atoms with Gasteiger partial charge in [0.25, 0.3) is 0 Å². The van der Waals surface area contributed by atoms with Gasteiger partial charge in [-0.15, -0.1) is 0 Å². The Balaban J connectivity index is 1.94. The first-order valence-electron chi connectivity index (χ1n) is 10.5. The van der Waals surface area contributed by atoms with Crippen LogP contribution in [0.5, 0.6) is 0 Å². The van der Waals surface area contributed by atoms with Gasteiger partial charge in [0.05, 0.1) is 12.6 Å². The van der Waals surface area contributed by atoms with Crippen LogP contribution in [0.4, 0.5) is 4.39 Å². The SMILES string of the molecule is Cc1cccc(C(CC(=O)O)N(Cc2ccc(F)cc2)Cc2ccc(CP(=O)(O)O)cc2)c1. The van der Waals surface area contributed by atoms with Gasteiger partial charge in [-0.05, 0) is 41.3 Å². The highest BCUT2D eigenvalue weighted by atomic mass is 31.2. The van der Waals surface area contributed by atoms with Crippen molar-refractivity contribution in [2.45, 2.75) is 38.6 Å². The van der Waals surface area contributed by atoms with Gasteiger partial charge in [-0.1, -0.05) is 66.2 Å². The molecule has 8 heteroatoms. The Bertz CT molecular complexity index is 1130. The maximum Gasteiger partial charge on any atom is 0.329 e. The second kappa shape index (κ2) is 10.9. The van der Waals surface area contributed by atoms with E-state index < -0.39 is 19.6 Å². The molecule has 1 unspecified atom stereocenters. The minimum atomic E-state index is -4.16. The van der Waals surface area contributed by atoms with Crippen molar-refractivity contribution in [1.29, 1.82) is 0 Å². The average molecular weight is 471 g/mol. The monoisotopic (exact) mass is 471 g/mol. The predicted molar refractivity (Wildman–Crippen MR) is 124 cm³/mol. The molecule has 174 valence electrons. The third kappa shape index (κ3) is 7.91. The van der Waals surface area contributed by atoms with E-state index >= 15 is 0 Å². The van der Waals surface area contributed by atoms with Crippen molar-refractivity contribution >= 4 is 13.6 Å². The van der Waals surface area contributed by atoms with E-state index in [1.165, 1.54) is 12.1 Å². The van der Waals surface area contributed by atoms with Crippen LogP contribution >= 0.6 is 7.60 Å². The molecule has 33 heavy (non-hydrogen) atoms. The molecule has 0 aromatic heterocycles. The maximum absolute atomic E-state index is 13.4. The molecule has 1 atom stereocenters. The molecule has 0 bridgehead atoms. The van der Waals surface area contributed by atoms with Crippen molar-refractivity contribution in [2.75, 3.05) is 0 Å². The lowest BCUT2D eigenvalue weighted by Gasteiger charge is -2.32. The average Bonchev–Trinajstić information content (AvgIpc) is 2.73. The van der Waals surface area contributed by atoms with Crippen molar-refractivity contribution in [2.24, 2.45) is 0 Å². The number of hydrogen-bond donors (Lipinski definition) is 3. The fourth-order valence-corrected chi connectivity index (χ4v) is 4.51. The Morgan fingerprint density at radius 2 is 1.48 bits per heavy atom. The summed E-state index contributed by atoms with van der Waals surface area (Å²) in [5.74, 6) is -1.27. The fraction of sp³-hybridized carbons (Fsp3) is 0.240. The summed E-state index contributed by atoms with van der Waals surface area (Å²) in [5, 5.41) is 9.63. The van der Waals surface area contributed by atoms with Crippen molar-refractivity contribution in [3.8, 4) is 0 Å². The van der Waals surface area contributed by atoms with Crippen LogP contribution in [0.25, 0.3) is 0 Å². The van der Waals surface area contributed by atoms with Crippen LogP contribution in [0.1, 0.15) is 40.3 Å². The molecular weight excluding hydrogens is 444 g/mol. The van der Waals surface area contributed by atoms with Crippen LogP contribution in [-0.4, -0.2) is 25.8 Å². The lowest BCUT2D eigenvalue weighted by molar-refractivity contribution is -0.138. The molecule has 0 heterocycles. The number of carbonyl (C=O) groups is 1. The Labute approximate surface area is 192 Å². The van der Waals surface area contributed by atoms with Gasteiger partial charge in [-0.2, -0.15) is 0 Å². The lowest BCUT2D eigenvalue weighted by Crippen LogP contribution is -2.30. The number of aliphatic carboxylic acids is 1. The molecule has 3 N–H and O–H groups in total. The van der Waals surface area contributed by atoms with Crippen LogP contribution in [0.2, 0.25) is 0 Å². The van der Waals surface area contributed by atoms with Gasteiger partial charge in [0.1, 0.15) is 5.82 Å². The van der Waals surface area contributed by atoms with E-state index in [0.29, 0.717) is 18.7 Å². The van der Waals surface area contributed by atoms with Crippen molar-refractivity contribution in [3.05, 3.63) is 106 Å². The topological polar surface area (TPSA) is 98.1 Å². The second-order valence-corrected chi connectivity index (χ2v) is 9.84. The van der Waals surface area contributed by atoms with Gasteiger partial charge < -0.3 is 14.9 Å². The zero-order valence-electron chi connectivity index (χ0n) is 18.3. The van der Waals surface area contributed by atoms with Gasteiger partial charge in [0.15, 0.2) is 0 Å². The summed E-state index contributed by atoms with van der Waals surface area (Å²) in [6.45, 7) is 2.75. The molecule has 3 rings (SSSR count). The number of halogens is 1. The molecule has 0 saturated carbocycles. The fourth-order valence-electron chi connectivity index (χ4n) is 3.82. The molecule has 0 fully saturated rings. The molecule has 0 radical (unpaired) electrons. The summed E-state index contributed by atoms with van der Waals surface area (Å²) >= 11 is 0. The van der Waals surface area contributed by atoms with Gasteiger partial charge in [0.2, 0.25) is 0 Å². The summed E-state index contributed by atoms with van der Waals surface area (Å²) in [4.78, 5) is 32.2. The van der Waals surface area contributed by atoms with E-state index in [9.17, 15) is 28.6 Å². The molecule has 6 nitrogen and oxygen atoms in total. The Morgan fingerprint density at radius 3 is 2.00 bits per heavy atom. The molecular formula is C25H27FNO5P. The molecule has 0 aliphatic heterocycles. The first-order valence-corrected chi connectivity index (χ1v) is 12.3. The highest BCUT2D eigenvalue weighted by Gasteiger charge is 2.24. The second-order valence-electron chi connectivity index (χ2n) is 8.20. The first kappa shape index (κ1) is 24.8. The number of nitrogens with zero attached hydrogens (tertiary/aromatic N) is 1. The Morgan fingerprint density at radius 1 is 0.939 bits per heavy atom. The van der Waals surface area contributed by atoms with E-state index in [1.54, 1.807) is 36.4 Å². The molecule has 0 spiro atoms. The molecule has 0 aliphatic rings. The minimum Gasteiger partial charge on any atom is -0.481 e. The molecule has 0 saturated heterocycles. The number of carboxylic acids is 1. The van der Waals surface area contributed by atoms with Crippen LogP contribution in [0, 0.1) is 12.7 Å². The van der Waals surface area contributed by atoms with Gasteiger partial charge in [-0.3, -0.25) is 14.3 Å². The van der Waals surface area contributed by atoms with Crippen LogP contribution in [-0.2, 0) is 28.6 Å². The number of benzene rings is 3. The summed E-state index contributed by atoms with van der Waals surface area (Å²) in [6.07, 6.45) is -0.446. The van der Waals surface area contributed by atoms with E-state index in [4.69, 9.17) is 0 Å². The quantitative estimate of drug-likeness (QED) is 0.359. The molecule has 0 amide bonds. The highest BCUT2D eigenvalue weighted by molar-refractivity contribution is 7.50. The van der Waals surface area contributed by atoms with E-state index in [0.717, 1.165) is 22.3 Å². The standard InChI is InChI=1S/C25H27FNO5P/c1-18-3-2-4-22(13-18)24(14-25(28)29)27(16-20-9-11-23(26)12-10-20)15-19-5-7-21(8-6-19)17-33(30,31)32/h2-13,24H,14-17H2,1H3,(H,28,29)(H2,30,31,32). The third-order valence-corrected chi connectivity index (χ3v) is 6.11. The van der Waals surface area contributed by atoms with Crippen LogP contribution < -0.4 is 0 Å². The Hall–Kier alpha value is -2.83. The van der Waals surface area contributed by atoms with E-state index in [1.807, 2.05) is 36.1 Å². The van der Waals surface area contributed by atoms with Gasteiger partial charge in [-0.25, -0.2) is 4.39 Å². The van der Waals surface area contributed by atoms with E-state index in [2.05, 4.69) is 0 Å². The van der Waals surface area contributed by atoms with Gasteiger partial charge >= 0.3 is 13.6 Å². The number of carboxylic acid groups (broad SMARTS) is 1.